The number of rotatable bonds is 2. The minimum atomic E-state index is -5.06. The molecule has 0 N–H and O–H groups in total. The summed E-state index contributed by atoms with van der Waals surface area (Å²) in [7, 11) is 1.07. The maximum Gasteiger partial charge on any atom is 0.410 e. The highest BCUT2D eigenvalue weighted by Crippen LogP contribution is 2.65. The fraction of sp³-hybridized carbons (Fsp3) is 0.619. The highest BCUT2D eigenvalue weighted by molar-refractivity contribution is 5.90. The van der Waals surface area contributed by atoms with Crippen molar-refractivity contribution < 1.29 is 37.0 Å². The molecule has 158 valence electrons. The van der Waals surface area contributed by atoms with E-state index in [0.29, 0.717) is 25.7 Å². The number of esters is 1. The van der Waals surface area contributed by atoms with Crippen LogP contribution in [-0.4, -0.2) is 36.9 Å². The zero-order valence-corrected chi connectivity index (χ0v) is 16.1. The molecule has 1 aromatic rings. The van der Waals surface area contributed by atoms with E-state index < -0.39 is 53.7 Å². The molecule has 1 heterocycles. The molecular formula is C21H23F3O5. The van der Waals surface area contributed by atoms with Gasteiger partial charge in [-0.25, -0.2) is 0 Å². The van der Waals surface area contributed by atoms with Crippen LogP contribution in [0.25, 0.3) is 0 Å². The van der Waals surface area contributed by atoms with Gasteiger partial charge in [0.05, 0.1) is 6.10 Å². The number of hydrogen-bond acceptors (Lipinski definition) is 5. The number of hydrogen-bond donors (Lipinski definition) is 0. The smallest absolute Gasteiger partial charge is 0.410 e. The minimum absolute atomic E-state index is 0.133. The summed E-state index contributed by atoms with van der Waals surface area (Å²) in [6.07, 6.45) is -5.08. The Morgan fingerprint density at radius 2 is 1.72 bits per heavy atom. The molecule has 0 bridgehead atoms. The first-order valence-electron chi connectivity index (χ1n) is 9.81. The summed E-state index contributed by atoms with van der Waals surface area (Å²) >= 11 is 0. The molecule has 1 spiro atoms. The lowest BCUT2D eigenvalue weighted by Gasteiger charge is -2.61. The summed E-state index contributed by atoms with van der Waals surface area (Å²) in [6, 6.07) is 7.75. The van der Waals surface area contributed by atoms with Crippen molar-refractivity contribution in [3.8, 4) is 0 Å². The molecule has 5 nitrogen and oxygen atoms in total. The number of benzene rings is 1. The number of carbonyl (C=O) groups is 2. The molecule has 3 aliphatic rings. The summed E-state index contributed by atoms with van der Waals surface area (Å²) in [4.78, 5) is 25.9. The predicted molar refractivity (Wildman–Crippen MR) is 94.6 cm³/mol. The van der Waals surface area contributed by atoms with Gasteiger partial charge in [0.2, 0.25) is 11.2 Å². The lowest BCUT2D eigenvalue weighted by atomic mass is 9.56. The van der Waals surface area contributed by atoms with Crippen LogP contribution in [0.15, 0.2) is 30.3 Å². The SMILES string of the molecule is CO[C@H]1CC(=O)C[C@@]2(c3ccccc3)OC3(CCCCC3)OC(=O)[C@@]12C(F)(F)F. The number of methoxy groups -OCH3 is 1. The van der Waals surface area contributed by atoms with Gasteiger partial charge in [0, 0.05) is 32.8 Å². The van der Waals surface area contributed by atoms with E-state index in [1.807, 2.05) is 0 Å². The number of ether oxygens (including phenoxy) is 3. The molecule has 0 radical (unpaired) electrons. The van der Waals surface area contributed by atoms with Crippen LogP contribution in [0.4, 0.5) is 13.2 Å². The van der Waals surface area contributed by atoms with Crippen LogP contribution in [0.5, 0.6) is 0 Å². The highest BCUT2D eigenvalue weighted by Gasteiger charge is 2.83. The van der Waals surface area contributed by atoms with Crippen molar-refractivity contribution in [1.82, 2.24) is 0 Å². The average molecular weight is 412 g/mol. The standard InChI is InChI=1S/C21H23F3O5/c1-27-16-12-15(25)13-19(14-8-4-2-5-9-14)20(16,21(22,23)24)17(26)28-18(29-19)10-6-3-7-11-18/h2,4-5,8-9,16H,3,6-7,10-13H2,1H3/t16-,19-,20-/m0/s1. The van der Waals surface area contributed by atoms with Crippen molar-refractivity contribution in [3.63, 3.8) is 0 Å². The van der Waals surface area contributed by atoms with Crippen molar-refractivity contribution in [2.75, 3.05) is 7.11 Å². The fourth-order valence-corrected chi connectivity index (χ4v) is 5.29. The fourth-order valence-electron chi connectivity index (χ4n) is 5.29. The van der Waals surface area contributed by atoms with E-state index in [1.54, 1.807) is 18.2 Å². The number of fused-ring (bicyclic) bond motifs is 1. The molecule has 0 unspecified atom stereocenters. The molecule has 2 saturated carbocycles. The first-order valence-corrected chi connectivity index (χ1v) is 9.81. The Labute approximate surface area is 166 Å². The summed E-state index contributed by atoms with van der Waals surface area (Å²) in [6.45, 7) is 0. The number of carbonyl (C=O) groups excluding carboxylic acids is 2. The Bertz CT molecular complexity index is 802. The molecule has 1 saturated heterocycles. The second-order valence-corrected chi connectivity index (χ2v) is 8.11. The first kappa shape index (κ1) is 20.3. The molecule has 3 atom stereocenters. The van der Waals surface area contributed by atoms with Crippen molar-refractivity contribution in [3.05, 3.63) is 35.9 Å². The van der Waals surface area contributed by atoms with E-state index in [0.717, 1.165) is 13.5 Å². The van der Waals surface area contributed by atoms with Crippen LogP contribution in [0.1, 0.15) is 50.5 Å². The summed E-state index contributed by atoms with van der Waals surface area (Å²) < 4.78 is 61.2. The Kier molecular flexibility index (Phi) is 4.77. The van der Waals surface area contributed by atoms with Gasteiger partial charge in [-0.3, -0.25) is 9.59 Å². The lowest BCUT2D eigenvalue weighted by molar-refractivity contribution is -0.413. The zero-order valence-electron chi connectivity index (χ0n) is 16.1. The summed E-state index contributed by atoms with van der Waals surface area (Å²) in [5.74, 6) is -3.32. The van der Waals surface area contributed by atoms with E-state index >= 15 is 0 Å². The second kappa shape index (κ2) is 6.80. The summed E-state index contributed by atoms with van der Waals surface area (Å²) in [5.41, 5.74) is -5.24. The monoisotopic (exact) mass is 412 g/mol. The van der Waals surface area contributed by atoms with Crippen LogP contribution in [-0.2, 0) is 29.4 Å². The van der Waals surface area contributed by atoms with Crippen LogP contribution in [0, 0.1) is 5.41 Å². The van der Waals surface area contributed by atoms with Crippen molar-refractivity contribution in [2.45, 2.75) is 68.6 Å². The van der Waals surface area contributed by atoms with Gasteiger partial charge in [-0.2, -0.15) is 13.2 Å². The van der Waals surface area contributed by atoms with E-state index in [-0.39, 0.29) is 5.56 Å². The molecule has 0 aromatic heterocycles. The van der Waals surface area contributed by atoms with Gasteiger partial charge >= 0.3 is 12.1 Å². The lowest BCUT2D eigenvalue weighted by Crippen LogP contribution is -2.75. The molecule has 1 aromatic carbocycles. The van der Waals surface area contributed by atoms with E-state index in [4.69, 9.17) is 14.2 Å². The number of ketones is 1. The molecule has 29 heavy (non-hydrogen) atoms. The minimum Gasteiger partial charge on any atom is -0.432 e. The maximum absolute atomic E-state index is 14.8. The number of Topliss-reactive ketones (excluding diaryl/α,β-unsaturated/α-hetero) is 1. The Morgan fingerprint density at radius 1 is 1.07 bits per heavy atom. The molecule has 0 amide bonds. The number of halogens is 3. The molecular weight excluding hydrogens is 389 g/mol. The Morgan fingerprint density at radius 3 is 2.31 bits per heavy atom. The van der Waals surface area contributed by atoms with E-state index in [9.17, 15) is 22.8 Å². The Balaban J connectivity index is 2.01. The van der Waals surface area contributed by atoms with Crippen molar-refractivity contribution >= 4 is 11.8 Å². The quantitative estimate of drug-likeness (QED) is 0.686. The zero-order chi connectivity index (χ0) is 20.9. The van der Waals surface area contributed by atoms with Crippen molar-refractivity contribution in [1.29, 1.82) is 0 Å². The van der Waals surface area contributed by atoms with Crippen LogP contribution >= 0.6 is 0 Å². The third kappa shape index (κ3) is 2.75. The first-order chi connectivity index (χ1) is 13.7. The largest absolute Gasteiger partial charge is 0.432 e. The average Bonchev–Trinajstić information content (AvgIpc) is 2.67. The predicted octanol–water partition coefficient (Wildman–Crippen LogP) is 4.04. The topological polar surface area (TPSA) is 61.8 Å². The van der Waals surface area contributed by atoms with Gasteiger partial charge in [0.25, 0.3) is 0 Å². The summed E-state index contributed by atoms with van der Waals surface area (Å²) in [5, 5.41) is 0. The highest BCUT2D eigenvalue weighted by atomic mass is 19.4. The van der Waals surface area contributed by atoms with Gasteiger partial charge in [0.1, 0.15) is 11.4 Å². The third-order valence-electron chi connectivity index (χ3n) is 6.53. The van der Waals surface area contributed by atoms with Crippen LogP contribution < -0.4 is 0 Å². The van der Waals surface area contributed by atoms with E-state index in [1.165, 1.54) is 12.1 Å². The van der Waals surface area contributed by atoms with Gasteiger partial charge in [-0.15, -0.1) is 0 Å². The Hall–Kier alpha value is -1.93. The number of alkyl halides is 3. The van der Waals surface area contributed by atoms with Crippen LogP contribution in [0.2, 0.25) is 0 Å². The normalized spacial score (nSPS) is 34.6. The van der Waals surface area contributed by atoms with Crippen molar-refractivity contribution in [2.24, 2.45) is 5.41 Å². The second-order valence-electron chi connectivity index (χ2n) is 8.11. The van der Waals surface area contributed by atoms with Gasteiger partial charge < -0.3 is 14.2 Å². The molecule has 2 aliphatic carbocycles. The van der Waals surface area contributed by atoms with Gasteiger partial charge in [-0.1, -0.05) is 36.8 Å². The van der Waals surface area contributed by atoms with E-state index in [2.05, 4.69) is 0 Å². The molecule has 8 heteroatoms. The van der Waals surface area contributed by atoms with Crippen LogP contribution in [0.3, 0.4) is 0 Å². The van der Waals surface area contributed by atoms with Gasteiger partial charge in [-0.05, 0) is 18.4 Å². The molecule has 3 fully saturated rings. The van der Waals surface area contributed by atoms with Gasteiger partial charge in [0.15, 0.2) is 0 Å². The molecule has 4 rings (SSSR count). The third-order valence-corrected chi connectivity index (χ3v) is 6.53. The molecule has 1 aliphatic heterocycles. The maximum atomic E-state index is 14.8.